The van der Waals surface area contributed by atoms with Gasteiger partial charge in [0.2, 0.25) is 0 Å². The van der Waals surface area contributed by atoms with Crippen LogP contribution in [0.2, 0.25) is 5.02 Å². The highest BCUT2D eigenvalue weighted by Gasteiger charge is 2.17. The van der Waals surface area contributed by atoms with Crippen LogP contribution in [0.15, 0.2) is 5.38 Å². The molecule has 1 amide bonds. The Morgan fingerprint density at radius 2 is 2.25 bits per heavy atom. The zero-order chi connectivity index (χ0) is 12.3. The molecule has 0 aliphatic carbocycles. The molecule has 1 aromatic rings. The van der Waals surface area contributed by atoms with Gasteiger partial charge in [0, 0.05) is 6.04 Å². The lowest BCUT2D eigenvalue weighted by Gasteiger charge is -2.10. The molecule has 0 aliphatic rings. The molecule has 0 fully saturated rings. The fourth-order valence-electron chi connectivity index (χ4n) is 1.19. The second-order valence-corrected chi connectivity index (χ2v) is 4.79. The summed E-state index contributed by atoms with van der Waals surface area (Å²) in [7, 11) is 0. The van der Waals surface area contributed by atoms with Crippen molar-refractivity contribution in [1.29, 1.82) is 0 Å². The van der Waals surface area contributed by atoms with Crippen LogP contribution in [0, 0.1) is 6.92 Å². The first kappa shape index (κ1) is 13.0. The van der Waals surface area contributed by atoms with Gasteiger partial charge in [0.15, 0.2) is 0 Å². The second-order valence-electron chi connectivity index (χ2n) is 3.53. The Hall–Kier alpha value is -1.07. The lowest BCUT2D eigenvalue weighted by molar-refractivity contribution is -0.137. The van der Waals surface area contributed by atoms with Crippen LogP contribution < -0.4 is 5.32 Å². The summed E-state index contributed by atoms with van der Waals surface area (Å²) < 4.78 is 0. The zero-order valence-electron chi connectivity index (χ0n) is 8.91. The average Bonchev–Trinajstić information content (AvgIpc) is 2.45. The molecule has 0 radical (unpaired) electrons. The molecule has 0 spiro atoms. The first-order valence-corrected chi connectivity index (χ1v) is 5.93. The van der Waals surface area contributed by atoms with Gasteiger partial charge in [-0.2, -0.15) is 0 Å². The molecular formula is C10H12ClNO3S. The summed E-state index contributed by atoms with van der Waals surface area (Å²) in [6, 6.07) is -0.413. The van der Waals surface area contributed by atoms with Crippen molar-refractivity contribution in [2.24, 2.45) is 0 Å². The third kappa shape index (κ3) is 3.21. The number of carboxylic acids is 1. The number of hydrogen-bond acceptors (Lipinski definition) is 3. The van der Waals surface area contributed by atoms with Crippen molar-refractivity contribution >= 4 is 34.8 Å². The molecule has 16 heavy (non-hydrogen) atoms. The van der Waals surface area contributed by atoms with Gasteiger partial charge in [-0.1, -0.05) is 11.6 Å². The minimum Gasteiger partial charge on any atom is -0.481 e. The molecule has 2 N–H and O–H groups in total. The van der Waals surface area contributed by atoms with Gasteiger partial charge in [-0.3, -0.25) is 9.59 Å². The van der Waals surface area contributed by atoms with Crippen LogP contribution in [0.3, 0.4) is 0 Å². The van der Waals surface area contributed by atoms with E-state index in [0.717, 1.165) is 5.56 Å². The van der Waals surface area contributed by atoms with Crippen molar-refractivity contribution in [3.05, 3.63) is 20.8 Å². The van der Waals surface area contributed by atoms with E-state index in [1.165, 1.54) is 11.3 Å². The van der Waals surface area contributed by atoms with Crippen molar-refractivity contribution < 1.29 is 14.7 Å². The minimum atomic E-state index is -0.943. The normalized spacial score (nSPS) is 12.2. The Labute approximate surface area is 102 Å². The van der Waals surface area contributed by atoms with E-state index in [1.54, 1.807) is 12.3 Å². The molecule has 1 heterocycles. The molecule has 88 valence electrons. The zero-order valence-corrected chi connectivity index (χ0v) is 10.5. The highest BCUT2D eigenvalue weighted by atomic mass is 35.5. The molecule has 1 aromatic heterocycles. The number of rotatable bonds is 4. The van der Waals surface area contributed by atoms with E-state index in [4.69, 9.17) is 16.7 Å². The van der Waals surface area contributed by atoms with E-state index in [9.17, 15) is 9.59 Å². The van der Waals surface area contributed by atoms with Crippen LogP contribution in [0.5, 0.6) is 0 Å². The smallest absolute Gasteiger partial charge is 0.305 e. The van der Waals surface area contributed by atoms with Crippen LogP contribution in [-0.4, -0.2) is 23.0 Å². The Kier molecular flexibility index (Phi) is 4.32. The third-order valence-electron chi connectivity index (χ3n) is 1.96. The van der Waals surface area contributed by atoms with Crippen molar-refractivity contribution in [2.45, 2.75) is 26.3 Å². The highest BCUT2D eigenvalue weighted by Crippen LogP contribution is 2.26. The SMILES string of the molecule is Cc1csc(C(=O)NC(C)CC(=O)O)c1Cl. The molecule has 0 aliphatic heterocycles. The largest absolute Gasteiger partial charge is 0.481 e. The second kappa shape index (κ2) is 5.32. The number of thiophene rings is 1. The number of carboxylic acid groups (broad SMARTS) is 1. The number of amides is 1. The number of nitrogens with one attached hydrogen (secondary N) is 1. The van der Waals surface area contributed by atoms with Crippen LogP contribution in [0.4, 0.5) is 0 Å². The molecule has 1 rings (SSSR count). The number of aryl methyl sites for hydroxylation is 1. The van der Waals surface area contributed by atoms with Crippen LogP contribution in [0.1, 0.15) is 28.6 Å². The number of hydrogen-bond donors (Lipinski definition) is 2. The van der Waals surface area contributed by atoms with Gasteiger partial charge < -0.3 is 10.4 Å². The summed E-state index contributed by atoms with van der Waals surface area (Å²) in [6.45, 7) is 3.46. The topological polar surface area (TPSA) is 66.4 Å². The Balaban J connectivity index is 2.66. The Morgan fingerprint density at radius 3 is 2.69 bits per heavy atom. The fraction of sp³-hybridized carbons (Fsp3) is 0.400. The van der Waals surface area contributed by atoms with E-state index in [2.05, 4.69) is 5.32 Å². The predicted octanol–water partition coefficient (Wildman–Crippen LogP) is 2.30. The van der Waals surface area contributed by atoms with Crippen molar-refractivity contribution in [1.82, 2.24) is 5.32 Å². The van der Waals surface area contributed by atoms with Crippen LogP contribution >= 0.6 is 22.9 Å². The van der Waals surface area contributed by atoms with Crippen molar-refractivity contribution in [3.8, 4) is 0 Å². The lowest BCUT2D eigenvalue weighted by Crippen LogP contribution is -2.33. The summed E-state index contributed by atoms with van der Waals surface area (Å²) in [6.07, 6.45) is -0.103. The van der Waals surface area contributed by atoms with Crippen LogP contribution in [0.25, 0.3) is 0 Å². The van der Waals surface area contributed by atoms with E-state index in [0.29, 0.717) is 9.90 Å². The number of carbonyl (C=O) groups is 2. The van der Waals surface area contributed by atoms with Crippen LogP contribution in [-0.2, 0) is 4.79 Å². The average molecular weight is 262 g/mol. The number of halogens is 1. The van der Waals surface area contributed by atoms with Gasteiger partial charge in [0.1, 0.15) is 4.88 Å². The van der Waals surface area contributed by atoms with Gasteiger partial charge in [-0.15, -0.1) is 11.3 Å². The molecular weight excluding hydrogens is 250 g/mol. The first-order valence-electron chi connectivity index (χ1n) is 4.68. The molecule has 0 aromatic carbocycles. The van der Waals surface area contributed by atoms with E-state index >= 15 is 0 Å². The fourth-order valence-corrected chi connectivity index (χ4v) is 2.37. The van der Waals surface area contributed by atoms with E-state index < -0.39 is 12.0 Å². The Morgan fingerprint density at radius 1 is 1.62 bits per heavy atom. The van der Waals surface area contributed by atoms with Crippen molar-refractivity contribution in [3.63, 3.8) is 0 Å². The Bertz CT molecular complexity index is 416. The summed E-state index contributed by atoms with van der Waals surface area (Å²) in [4.78, 5) is 22.5. The summed E-state index contributed by atoms with van der Waals surface area (Å²) in [5.74, 6) is -1.27. The maximum atomic E-state index is 11.7. The van der Waals surface area contributed by atoms with Gasteiger partial charge in [-0.25, -0.2) is 0 Å². The molecule has 4 nitrogen and oxygen atoms in total. The molecule has 0 saturated carbocycles. The van der Waals surface area contributed by atoms with E-state index in [1.807, 2.05) is 6.92 Å². The maximum Gasteiger partial charge on any atom is 0.305 e. The molecule has 1 atom stereocenters. The van der Waals surface area contributed by atoms with Gasteiger partial charge in [-0.05, 0) is 24.8 Å². The lowest BCUT2D eigenvalue weighted by atomic mass is 10.2. The summed E-state index contributed by atoms with van der Waals surface area (Å²) >= 11 is 7.18. The summed E-state index contributed by atoms with van der Waals surface area (Å²) in [5.41, 5.74) is 0.850. The number of carbonyl (C=O) groups excluding carboxylic acids is 1. The standard InChI is InChI=1S/C10H12ClNO3S/c1-5-4-16-9(8(5)11)10(15)12-6(2)3-7(13)14/h4,6H,3H2,1-2H3,(H,12,15)(H,13,14). The van der Waals surface area contributed by atoms with Crippen molar-refractivity contribution in [2.75, 3.05) is 0 Å². The first-order chi connectivity index (χ1) is 7.41. The molecule has 0 saturated heterocycles. The maximum absolute atomic E-state index is 11.7. The molecule has 0 bridgehead atoms. The predicted molar refractivity (Wildman–Crippen MR) is 63.2 cm³/mol. The third-order valence-corrected chi connectivity index (χ3v) is 3.66. The quantitative estimate of drug-likeness (QED) is 0.874. The highest BCUT2D eigenvalue weighted by molar-refractivity contribution is 7.13. The van der Waals surface area contributed by atoms with E-state index in [-0.39, 0.29) is 12.3 Å². The molecule has 1 unspecified atom stereocenters. The van der Waals surface area contributed by atoms with Gasteiger partial charge in [0.05, 0.1) is 11.4 Å². The minimum absolute atomic E-state index is 0.103. The monoisotopic (exact) mass is 261 g/mol. The van der Waals surface area contributed by atoms with Gasteiger partial charge >= 0.3 is 5.97 Å². The summed E-state index contributed by atoms with van der Waals surface area (Å²) in [5, 5.41) is 13.4. The van der Waals surface area contributed by atoms with Gasteiger partial charge in [0.25, 0.3) is 5.91 Å². The number of aliphatic carboxylic acids is 1. The molecule has 6 heteroatoms.